The molecule has 8 nitrogen and oxygen atoms in total. The molecule has 1 saturated carbocycles. The minimum absolute atomic E-state index is 0.0314. The van der Waals surface area contributed by atoms with Crippen LogP contribution >= 0.6 is 15.2 Å². The van der Waals surface area contributed by atoms with Gasteiger partial charge >= 0.3 is 21.2 Å². The minimum atomic E-state index is -4.00. The molecule has 0 radical (unpaired) electrons. The summed E-state index contributed by atoms with van der Waals surface area (Å²) in [5.74, 6) is -2.38. The van der Waals surface area contributed by atoms with Crippen molar-refractivity contribution in [3.05, 3.63) is 0 Å². The van der Waals surface area contributed by atoms with E-state index in [0.717, 1.165) is 0 Å². The molecular weight excluding hydrogens is 334 g/mol. The van der Waals surface area contributed by atoms with Crippen LogP contribution in [-0.2, 0) is 32.0 Å². The molecule has 0 aromatic carbocycles. The Labute approximate surface area is 130 Å². The van der Waals surface area contributed by atoms with Crippen molar-refractivity contribution in [3.8, 4) is 0 Å². The van der Waals surface area contributed by atoms with Crippen LogP contribution in [0.15, 0.2) is 0 Å². The predicted octanol–water partition coefficient (Wildman–Crippen LogP) is 3.32. The van der Waals surface area contributed by atoms with E-state index in [1.165, 1.54) is 0 Å². The summed E-state index contributed by atoms with van der Waals surface area (Å²) in [5, 5.41) is 9.32. The lowest BCUT2D eigenvalue weighted by atomic mass is 10.4. The van der Waals surface area contributed by atoms with Gasteiger partial charge in [0.15, 0.2) is 4.90 Å². The topological polar surface area (TPSA) is 108 Å². The van der Waals surface area contributed by atoms with Crippen LogP contribution in [0.25, 0.3) is 0 Å². The molecule has 1 aliphatic rings. The molecule has 1 unspecified atom stereocenters. The Morgan fingerprint density at radius 1 is 0.955 bits per heavy atom. The maximum atomic E-state index is 13.2. The third-order valence-electron chi connectivity index (χ3n) is 3.35. The van der Waals surface area contributed by atoms with Crippen molar-refractivity contribution < 1.29 is 37.1 Å². The van der Waals surface area contributed by atoms with Gasteiger partial charge in [0.05, 0.1) is 32.3 Å². The van der Waals surface area contributed by atoms with Crippen LogP contribution in [-0.4, -0.2) is 42.4 Å². The number of carboxylic acid groups (broad SMARTS) is 1. The number of carbonyl (C=O) groups is 1. The van der Waals surface area contributed by atoms with E-state index in [0.29, 0.717) is 0 Å². The van der Waals surface area contributed by atoms with Crippen molar-refractivity contribution in [2.45, 2.75) is 39.0 Å². The average Bonchev–Trinajstić information content (AvgIpc) is 3.17. The van der Waals surface area contributed by atoms with Crippen molar-refractivity contribution in [3.63, 3.8) is 0 Å². The van der Waals surface area contributed by atoms with Crippen molar-refractivity contribution in [2.75, 3.05) is 26.4 Å². The fourth-order valence-electron chi connectivity index (χ4n) is 2.48. The first kappa shape index (κ1) is 19.8. The molecule has 1 aliphatic carbocycles. The molecule has 1 N–H and O–H groups in total. The molecular formula is C12H24O8P2. The standard InChI is InChI=1S/C12H24O8P2/c1-5-17-21(15,18-6-2)12(9-10(12)11(13)14)22(16,19-7-3)20-8-4/h10H,5-9H2,1-4H3,(H,13,14). The molecule has 1 fully saturated rings. The summed E-state index contributed by atoms with van der Waals surface area (Å²) in [6.07, 6.45) is -0.128. The highest BCUT2D eigenvalue weighted by molar-refractivity contribution is 7.75. The van der Waals surface area contributed by atoms with E-state index in [4.69, 9.17) is 18.1 Å². The van der Waals surface area contributed by atoms with Gasteiger partial charge in [-0.05, 0) is 34.1 Å². The summed E-state index contributed by atoms with van der Waals surface area (Å²) in [7, 11) is -7.99. The minimum Gasteiger partial charge on any atom is -0.481 e. The highest BCUT2D eigenvalue weighted by atomic mass is 31.2. The molecule has 130 valence electrons. The molecule has 0 amide bonds. The lowest BCUT2D eigenvalue weighted by Gasteiger charge is -2.32. The quantitative estimate of drug-likeness (QED) is 0.560. The molecule has 0 spiro atoms. The summed E-state index contributed by atoms with van der Waals surface area (Å²) in [4.78, 5) is 9.65. The summed E-state index contributed by atoms with van der Waals surface area (Å²) in [6, 6.07) is 0. The fraction of sp³-hybridized carbons (Fsp3) is 0.917. The Morgan fingerprint density at radius 3 is 1.45 bits per heavy atom. The second kappa shape index (κ2) is 7.56. The molecule has 0 aromatic rings. The molecule has 1 rings (SSSR count). The summed E-state index contributed by atoms with van der Waals surface area (Å²) < 4.78 is 47.4. The number of rotatable bonds is 11. The summed E-state index contributed by atoms with van der Waals surface area (Å²) in [6.45, 7) is 6.53. The zero-order valence-corrected chi connectivity index (χ0v) is 15.1. The zero-order chi connectivity index (χ0) is 17.0. The molecule has 0 saturated heterocycles. The van der Waals surface area contributed by atoms with Crippen LogP contribution in [0.4, 0.5) is 0 Å². The second-order valence-corrected chi connectivity index (χ2v) is 9.61. The van der Waals surface area contributed by atoms with E-state index < -0.39 is 32.0 Å². The van der Waals surface area contributed by atoms with E-state index >= 15 is 0 Å². The van der Waals surface area contributed by atoms with E-state index in [2.05, 4.69) is 0 Å². The lowest BCUT2D eigenvalue weighted by molar-refractivity contribution is -0.138. The van der Waals surface area contributed by atoms with Crippen molar-refractivity contribution in [1.29, 1.82) is 0 Å². The zero-order valence-electron chi connectivity index (χ0n) is 13.3. The second-order valence-electron chi connectivity index (χ2n) is 4.64. The van der Waals surface area contributed by atoms with Gasteiger partial charge in [-0.2, -0.15) is 0 Å². The third-order valence-corrected chi connectivity index (χ3v) is 10.1. The summed E-state index contributed by atoms with van der Waals surface area (Å²) >= 11 is 0. The fourth-order valence-corrected chi connectivity index (χ4v) is 8.58. The first-order chi connectivity index (χ1) is 10.3. The van der Waals surface area contributed by atoms with Gasteiger partial charge in [0.2, 0.25) is 0 Å². The van der Waals surface area contributed by atoms with Gasteiger partial charge in [-0.25, -0.2) is 0 Å². The molecule has 22 heavy (non-hydrogen) atoms. The van der Waals surface area contributed by atoms with Gasteiger partial charge in [0.1, 0.15) is 0 Å². The molecule has 0 heterocycles. The van der Waals surface area contributed by atoms with Crippen molar-refractivity contribution in [2.24, 2.45) is 5.92 Å². The molecule has 0 aromatic heterocycles. The third kappa shape index (κ3) is 3.18. The van der Waals surface area contributed by atoms with Gasteiger partial charge in [-0.15, -0.1) is 0 Å². The Morgan fingerprint density at radius 2 is 1.27 bits per heavy atom. The monoisotopic (exact) mass is 358 g/mol. The maximum Gasteiger partial charge on any atom is 0.349 e. The van der Waals surface area contributed by atoms with Crippen molar-refractivity contribution >= 4 is 21.2 Å². The number of hydrogen-bond acceptors (Lipinski definition) is 7. The smallest absolute Gasteiger partial charge is 0.349 e. The highest BCUT2D eigenvalue weighted by Gasteiger charge is 2.82. The van der Waals surface area contributed by atoms with Gasteiger partial charge in [-0.1, -0.05) is 0 Å². The Kier molecular flexibility index (Phi) is 6.81. The molecule has 0 bridgehead atoms. The van der Waals surface area contributed by atoms with E-state index in [9.17, 15) is 19.0 Å². The van der Waals surface area contributed by atoms with E-state index in [1.807, 2.05) is 0 Å². The first-order valence-electron chi connectivity index (χ1n) is 7.29. The SMILES string of the molecule is CCOP(=O)(OCC)C1(P(=O)(OCC)OCC)CC1C(=O)O. The number of aliphatic carboxylic acids is 1. The molecule has 1 atom stereocenters. The van der Waals surface area contributed by atoms with Gasteiger partial charge < -0.3 is 23.2 Å². The maximum absolute atomic E-state index is 13.2. The van der Waals surface area contributed by atoms with Crippen LogP contribution < -0.4 is 0 Å². The lowest BCUT2D eigenvalue weighted by Crippen LogP contribution is -2.24. The first-order valence-corrected chi connectivity index (χ1v) is 10.4. The van der Waals surface area contributed by atoms with Crippen molar-refractivity contribution in [1.82, 2.24) is 0 Å². The molecule has 0 aliphatic heterocycles. The largest absolute Gasteiger partial charge is 0.481 e. The predicted molar refractivity (Wildman–Crippen MR) is 80.2 cm³/mol. The van der Waals surface area contributed by atoms with Gasteiger partial charge in [0, 0.05) is 0 Å². The Bertz CT molecular complexity index is 442. The number of hydrogen-bond donors (Lipinski definition) is 1. The van der Waals surface area contributed by atoms with Crippen LogP contribution in [0.2, 0.25) is 0 Å². The van der Waals surface area contributed by atoms with Crippen LogP contribution in [0.3, 0.4) is 0 Å². The van der Waals surface area contributed by atoms with E-state index in [1.54, 1.807) is 27.7 Å². The average molecular weight is 358 g/mol. The Balaban J connectivity index is 3.40. The van der Waals surface area contributed by atoms with Gasteiger partial charge in [-0.3, -0.25) is 13.9 Å². The normalized spacial score (nSPS) is 20.8. The molecule has 10 heteroatoms. The van der Waals surface area contributed by atoms with Crippen LogP contribution in [0.5, 0.6) is 0 Å². The summed E-state index contributed by atoms with van der Waals surface area (Å²) in [5.41, 5.74) is 0. The number of carboxylic acids is 1. The van der Waals surface area contributed by atoms with E-state index in [-0.39, 0.29) is 32.8 Å². The highest BCUT2D eigenvalue weighted by Crippen LogP contribution is 2.89. The van der Waals surface area contributed by atoms with Crippen LogP contribution in [0.1, 0.15) is 34.1 Å². The Hall–Kier alpha value is -0.230. The van der Waals surface area contributed by atoms with Crippen LogP contribution in [0, 0.1) is 5.92 Å². The van der Waals surface area contributed by atoms with Gasteiger partial charge in [0.25, 0.3) is 0 Å².